The highest BCUT2D eigenvalue weighted by Crippen LogP contribution is 1.96. The minimum absolute atomic E-state index is 0.429. The molecule has 14 heavy (non-hydrogen) atoms. The Morgan fingerprint density at radius 2 is 2.14 bits per heavy atom. The zero-order chi connectivity index (χ0) is 10.8. The van der Waals surface area contributed by atoms with Gasteiger partial charge in [0.1, 0.15) is 6.04 Å². The Balaban J connectivity index is 3.21. The molecule has 3 nitrogen and oxygen atoms in total. The summed E-state index contributed by atoms with van der Waals surface area (Å²) in [6, 6.07) is -0.429. The average Bonchev–Trinajstić information content (AvgIpc) is 2.16. The van der Waals surface area contributed by atoms with Crippen LogP contribution in [0.3, 0.4) is 0 Å². The predicted molar refractivity (Wildman–Crippen MR) is 58.4 cm³/mol. The van der Waals surface area contributed by atoms with E-state index in [1.807, 2.05) is 0 Å². The van der Waals surface area contributed by atoms with Gasteiger partial charge in [-0.05, 0) is 39.2 Å². The van der Waals surface area contributed by atoms with Gasteiger partial charge >= 0.3 is 5.97 Å². The van der Waals surface area contributed by atoms with Crippen molar-refractivity contribution in [2.45, 2.75) is 45.6 Å². The standard InChI is InChI=1S/C11H21NO2/c1-3-4-5-6-7-8-9-12-10(2)11(13)14/h4-5,10,12H,3,6-9H2,1-2H3,(H,13,14)/t10-/m0/s1. The number of unbranched alkanes of at least 4 members (excludes halogenated alkanes) is 2. The largest absolute Gasteiger partial charge is 0.480 e. The number of carbonyl (C=O) groups is 1. The van der Waals surface area contributed by atoms with Crippen LogP contribution in [0.5, 0.6) is 0 Å². The maximum Gasteiger partial charge on any atom is 0.320 e. The SMILES string of the molecule is CCC=CCCCCN[C@@H](C)C(=O)O. The van der Waals surface area contributed by atoms with Crippen LogP contribution in [-0.2, 0) is 4.79 Å². The summed E-state index contributed by atoms with van der Waals surface area (Å²) in [4.78, 5) is 10.4. The molecule has 0 unspecified atom stereocenters. The average molecular weight is 199 g/mol. The van der Waals surface area contributed by atoms with Crippen LogP contribution in [0.2, 0.25) is 0 Å². The molecule has 0 heterocycles. The van der Waals surface area contributed by atoms with Gasteiger partial charge in [0.15, 0.2) is 0 Å². The topological polar surface area (TPSA) is 49.3 Å². The van der Waals surface area contributed by atoms with Crippen molar-refractivity contribution in [2.24, 2.45) is 0 Å². The Kier molecular flexibility index (Phi) is 8.24. The van der Waals surface area contributed by atoms with E-state index < -0.39 is 12.0 Å². The Labute approximate surface area is 86.2 Å². The number of hydrogen-bond acceptors (Lipinski definition) is 2. The fourth-order valence-electron chi connectivity index (χ4n) is 1.08. The highest BCUT2D eigenvalue weighted by Gasteiger charge is 2.07. The van der Waals surface area contributed by atoms with Crippen molar-refractivity contribution in [2.75, 3.05) is 6.54 Å². The maximum absolute atomic E-state index is 10.4. The van der Waals surface area contributed by atoms with Gasteiger partial charge in [-0.2, -0.15) is 0 Å². The van der Waals surface area contributed by atoms with Crippen molar-refractivity contribution in [1.82, 2.24) is 5.32 Å². The maximum atomic E-state index is 10.4. The van der Waals surface area contributed by atoms with E-state index in [0.717, 1.165) is 32.2 Å². The zero-order valence-electron chi connectivity index (χ0n) is 9.12. The van der Waals surface area contributed by atoms with Crippen LogP contribution in [0.15, 0.2) is 12.2 Å². The van der Waals surface area contributed by atoms with Crippen LogP contribution >= 0.6 is 0 Å². The fraction of sp³-hybridized carbons (Fsp3) is 0.727. The molecule has 0 spiro atoms. The third kappa shape index (κ3) is 7.80. The molecule has 0 aromatic carbocycles. The molecule has 0 aliphatic rings. The molecule has 0 saturated heterocycles. The van der Waals surface area contributed by atoms with Gasteiger partial charge in [0.05, 0.1) is 0 Å². The number of aliphatic carboxylic acids is 1. The van der Waals surface area contributed by atoms with E-state index in [1.165, 1.54) is 0 Å². The number of carboxylic acids is 1. The van der Waals surface area contributed by atoms with Gasteiger partial charge in [0, 0.05) is 0 Å². The second-order valence-electron chi connectivity index (χ2n) is 3.39. The van der Waals surface area contributed by atoms with E-state index in [9.17, 15) is 4.79 Å². The smallest absolute Gasteiger partial charge is 0.320 e. The first-order valence-corrected chi connectivity index (χ1v) is 5.29. The third-order valence-electron chi connectivity index (χ3n) is 2.02. The minimum atomic E-state index is -0.782. The van der Waals surface area contributed by atoms with E-state index in [1.54, 1.807) is 6.92 Å². The van der Waals surface area contributed by atoms with Crippen molar-refractivity contribution in [3.05, 3.63) is 12.2 Å². The monoisotopic (exact) mass is 199 g/mol. The summed E-state index contributed by atoms with van der Waals surface area (Å²) in [5, 5.41) is 11.5. The lowest BCUT2D eigenvalue weighted by Crippen LogP contribution is -2.34. The minimum Gasteiger partial charge on any atom is -0.480 e. The molecule has 0 saturated carbocycles. The van der Waals surface area contributed by atoms with Crippen LogP contribution < -0.4 is 5.32 Å². The lowest BCUT2D eigenvalue weighted by atomic mass is 10.2. The molecule has 0 aromatic rings. The quantitative estimate of drug-likeness (QED) is 0.465. The van der Waals surface area contributed by atoms with Gasteiger partial charge in [-0.3, -0.25) is 4.79 Å². The van der Waals surface area contributed by atoms with Gasteiger partial charge < -0.3 is 10.4 Å². The van der Waals surface area contributed by atoms with Gasteiger partial charge in [0.2, 0.25) is 0 Å². The molecule has 0 aromatic heterocycles. The molecule has 2 N–H and O–H groups in total. The first-order valence-electron chi connectivity index (χ1n) is 5.29. The van der Waals surface area contributed by atoms with Crippen LogP contribution in [-0.4, -0.2) is 23.7 Å². The molecule has 1 atom stereocenters. The van der Waals surface area contributed by atoms with E-state index >= 15 is 0 Å². The molecule has 82 valence electrons. The molecule has 0 rings (SSSR count). The Morgan fingerprint density at radius 3 is 2.71 bits per heavy atom. The van der Waals surface area contributed by atoms with Crippen LogP contribution in [0, 0.1) is 0 Å². The summed E-state index contributed by atoms with van der Waals surface area (Å²) >= 11 is 0. The molecule has 0 bridgehead atoms. The van der Waals surface area contributed by atoms with Crippen molar-refractivity contribution in [1.29, 1.82) is 0 Å². The van der Waals surface area contributed by atoms with E-state index in [2.05, 4.69) is 24.4 Å². The Morgan fingerprint density at radius 1 is 1.43 bits per heavy atom. The van der Waals surface area contributed by atoms with E-state index in [4.69, 9.17) is 5.11 Å². The lowest BCUT2D eigenvalue weighted by molar-refractivity contribution is -0.138. The summed E-state index contributed by atoms with van der Waals surface area (Å²) in [7, 11) is 0. The number of nitrogens with one attached hydrogen (secondary N) is 1. The van der Waals surface area contributed by atoms with Crippen LogP contribution in [0.1, 0.15) is 39.5 Å². The van der Waals surface area contributed by atoms with Crippen molar-refractivity contribution in [3.8, 4) is 0 Å². The molecular weight excluding hydrogens is 178 g/mol. The van der Waals surface area contributed by atoms with Crippen LogP contribution in [0.25, 0.3) is 0 Å². The molecule has 0 aliphatic heterocycles. The van der Waals surface area contributed by atoms with Crippen molar-refractivity contribution >= 4 is 5.97 Å². The van der Waals surface area contributed by atoms with E-state index in [0.29, 0.717) is 0 Å². The second kappa shape index (κ2) is 8.75. The first-order chi connectivity index (χ1) is 6.68. The highest BCUT2D eigenvalue weighted by atomic mass is 16.4. The normalized spacial score (nSPS) is 13.3. The van der Waals surface area contributed by atoms with Gasteiger partial charge in [-0.25, -0.2) is 0 Å². The van der Waals surface area contributed by atoms with Crippen LogP contribution in [0.4, 0.5) is 0 Å². The summed E-state index contributed by atoms with van der Waals surface area (Å²) in [6.45, 7) is 4.57. The number of hydrogen-bond donors (Lipinski definition) is 2. The lowest BCUT2D eigenvalue weighted by Gasteiger charge is -2.07. The number of allylic oxidation sites excluding steroid dienone is 2. The first kappa shape index (κ1) is 13.2. The highest BCUT2D eigenvalue weighted by molar-refractivity contribution is 5.72. The Bertz CT molecular complexity index is 178. The van der Waals surface area contributed by atoms with Crippen molar-refractivity contribution in [3.63, 3.8) is 0 Å². The molecule has 0 aliphatic carbocycles. The third-order valence-corrected chi connectivity index (χ3v) is 2.02. The predicted octanol–water partition coefficient (Wildman–Crippen LogP) is 2.19. The summed E-state index contributed by atoms with van der Waals surface area (Å²) < 4.78 is 0. The van der Waals surface area contributed by atoms with Gasteiger partial charge in [-0.15, -0.1) is 0 Å². The van der Waals surface area contributed by atoms with E-state index in [-0.39, 0.29) is 0 Å². The molecule has 0 fully saturated rings. The molecule has 0 radical (unpaired) electrons. The molecule has 3 heteroatoms. The number of carboxylic acid groups (broad SMARTS) is 1. The molecule has 0 amide bonds. The second-order valence-corrected chi connectivity index (χ2v) is 3.39. The zero-order valence-corrected chi connectivity index (χ0v) is 9.12. The fourth-order valence-corrected chi connectivity index (χ4v) is 1.08. The molecular formula is C11H21NO2. The van der Waals surface area contributed by atoms with Crippen molar-refractivity contribution < 1.29 is 9.90 Å². The van der Waals surface area contributed by atoms with Gasteiger partial charge in [0.25, 0.3) is 0 Å². The summed E-state index contributed by atoms with van der Waals surface area (Å²) in [6.07, 6.45) is 8.68. The summed E-state index contributed by atoms with van der Waals surface area (Å²) in [5.41, 5.74) is 0. The van der Waals surface area contributed by atoms with Gasteiger partial charge in [-0.1, -0.05) is 19.1 Å². The number of rotatable bonds is 8. The Hall–Kier alpha value is -0.830. The summed E-state index contributed by atoms with van der Waals surface area (Å²) in [5.74, 6) is -0.782.